The van der Waals surface area contributed by atoms with Crippen LogP contribution in [0.25, 0.3) is 6.08 Å². The summed E-state index contributed by atoms with van der Waals surface area (Å²) in [5.74, 6) is -0.206. The minimum Gasteiger partial charge on any atom is -0.483 e. The van der Waals surface area contributed by atoms with Gasteiger partial charge in [0.25, 0.3) is 17.1 Å². The number of thioether (sulfide) groups is 1. The normalized spacial score (nSPS) is 14.6. The molecule has 0 radical (unpaired) electrons. The molecule has 1 saturated heterocycles. The molecule has 0 unspecified atom stereocenters. The van der Waals surface area contributed by atoms with Crippen molar-refractivity contribution in [1.82, 2.24) is 0 Å². The second kappa shape index (κ2) is 10.5. The summed E-state index contributed by atoms with van der Waals surface area (Å²) in [6.07, 6.45) is 1.64. The molecule has 0 spiro atoms. The van der Waals surface area contributed by atoms with E-state index in [0.29, 0.717) is 37.1 Å². The molecule has 6 nitrogen and oxygen atoms in total. The lowest BCUT2D eigenvalue weighted by atomic mass is 10.2. The van der Waals surface area contributed by atoms with Crippen LogP contribution in [0.5, 0.6) is 5.75 Å². The van der Waals surface area contributed by atoms with E-state index in [-0.39, 0.29) is 17.8 Å². The predicted molar refractivity (Wildman–Crippen MR) is 139 cm³/mol. The second-order valence-corrected chi connectivity index (χ2v) is 9.67. The Labute approximate surface area is 214 Å². The van der Waals surface area contributed by atoms with Crippen LogP contribution in [0.3, 0.4) is 0 Å². The first-order chi connectivity index (χ1) is 16.3. The van der Waals surface area contributed by atoms with Gasteiger partial charge in [-0.3, -0.25) is 14.4 Å². The fourth-order valence-electron chi connectivity index (χ4n) is 3.13. The molecule has 0 atom stereocenters. The monoisotopic (exact) mass is 556 g/mol. The van der Waals surface area contributed by atoms with Crippen molar-refractivity contribution in [3.63, 3.8) is 0 Å². The lowest BCUT2D eigenvalue weighted by Crippen LogP contribution is -2.27. The standard InChI is InChI=1S/C25H18BrClN2O4S/c1-15-2-7-18(8-3-15)28-23(30)14-33-21-11-4-16(12-20(21)26)13-22-24(31)29(25(32)34-22)19-9-5-17(27)6-10-19/h2-13H,14H2,1H3,(H,28,30)/b22-13+. The first-order valence-corrected chi connectivity index (χ1v) is 12.1. The zero-order chi connectivity index (χ0) is 24.2. The van der Waals surface area contributed by atoms with E-state index >= 15 is 0 Å². The average Bonchev–Trinajstić information content (AvgIpc) is 3.08. The van der Waals surface area contributed by atoms with Gasteiger partial charge < -0.3 is 10.1 Å². The molecule has 1 N–H and O–H groups in total. The number of anilines is 2. The van der Waals surface area contributed by atoms with E-state index in [1.54, 1.807) is 48.5 Å². The van der Waals surface area contributed by atoms with Crippen LogP contribution in [0, 0.1) is 6.92 Å². The maximum absolute atomic E-state index is 12.8. The van der Waals surface area contributed by atoms with Crippen molar-refractivity contribution in [3.05, 3.63) is 92.3 Å². The first-order valence-electron chi connectivity index (χ1n) is 10.1. The topological polar surface area (TPSA) is 75.7 Å². The Morgan fingerprint density at radius 2 is 1.79 bits per heavy atom. The third kappa shape index (κ3) is 5.70. The zero-order valence-corrected chi connectivity index (χ0v) is 21.0. The van der Waals surface area contributed by atoms with Crippen molar-refractivity contribution < 1.29 is 19.1 Å². The highest BCUT2D eigenvalue weighted by Crippen LogP contribution is 2.37. The number of amides is 3. The number of hydrogen-bond acceptors (Lipinski definition) is 5. The number of rotatable bonds is 6. The maximum atomic E-state index is 12.8. The van der Waals surface area contributed by atoms with Crippen LogP contribution in [0.2, 0.25) is 5.02 Å². The van der Waals surface area contributed by atoms with Crippen molar-refractivity contribution >= 4 is 73.8 Å². The van der Waals surface area contributed by atoms with Gasteiger partial charge >= 0.3 is 0 Å². The van der Waals surface area contributed by atoms with Gasteiger partial charge in [0.1, 0.15) is 5.75 Å². The van der Waals surface area contributed by atoms with Gasteiger partial charge in [0.15, 0.2) is 6.61 Å². The second-order valence-electron chi connectivity index (χ2n) is 7.39. The summed E-state index contributed by atoms with van der Waals surface area (Å²) in [7, 11) is 0. The Morgan fingerprint density at radius 3 is 2.47 bits per heavy atom. The highest BCUT2D eigenvalue weighted by atomic mass is 79.9. The van der Waals surface area contributed by atoms with Gasteiger partial charge in [0.2, 0.25) is 0 Å². The van der Waals surface area contributed by atoms with Crippen molar-refractivity contribution in [3.8, 4) is 5.75 Å². The van der Waals surface area contributed by atoms with Gasteiger partial charge in [-0.05, 0) is 94.8 Å². The fraction of sp³-hybridized carbons (Fsp3) is 0.0800. The Morgan fingerprint density at radius 1 is 1.09 bits per heavy atom. The number of hydrogen-bond donors (Lipinski definition) is 1. The fourth-order valence-corrected chi connectivity index (χ4v) is 4.61. The maximum Gasteiger partial charge on any atom is 0.298 e. The van der Waals surface area contributed by atoms with Crippen LogP contribution in [0.15, 0.2) is 76.1 Å². The van der Waals surface area contributed by atoms with Crippen molar-refractivity contribution in [1.29, 1.82) is 0 Å². The summed E-state index contributed by atoms with van der Waals surface area (Å²) in [5, 5.41) is 2.92. The van der Waals surface area contributed by atoms with Crippen LogP contribution in [0.1, 0.15) is 11.1 Å². The average molecular weight is 558 g/mol. The molecule has 0 aliphatic carbocycles. The third-order valence-electron chi connectivity index (χ3n) is 4.83. The molecule has 1 fully saturated rings. The molecule has 0 aromatic heterocycles. The van der Waals surface area contributed by atoms with Gasteiger partial charge in [0.05, 0.1) is 15.1 Å². The first kappa shape index (κ1) is 24.1. The molecule has 3 aromatic carbocycles. The lowest BCUT2D eigenvalue weighted by Gasteiger charge is -2.12. The van der Waals surface area contributed by atoms with Gasteiger partial charge in [-0.1, -0.05) is 35.4 Å². The number of nitrogens with one attached hydrogen (secondary N) is 1. The Bertz CT molecular complexity index is 1290. The van der Waals surface area contributed by atoms with Crippen LogP contribution in [0.4, 0.5) is 16.2 Å². The minimum absolute atomic E-state index is 0.161. The predicted octanol–water partition coefficient (Wildman–Crippen LogP) is 6.67. The molecule has 1 aliphatic rings. The molecule has 1 heterocycles. The van der Waals surface area contributed by atoms with Crippen LogP contribution < -0.4 is 15.0 Å². The number of carbonyl (C=O) groups is 3. The van der Waals surface area contributed by atoms with E-state index in [9.17, 15) is 14.4 Å². The number of carbonyl (C=O) groups excluding carboxylic acids is 3. The molecule has 4 rings (SSSR count). The number of aryl methyl sites for hydroxylation is 1. The number of nitrogens with zero attached hydrogens (tertiary/aromatic N) is 1. The van der Waals surface area contributed by atoms with E-state index < -0.39 is 5.91 Å². The van der Waals surface area contributed by atoms with Crippen LogP contribution >= 0.6 is 39.3 Å². The molecule has 3 aromatic rings. The SMILES string of the molecule is Cc1ccc(NC(=O)COc2ccc(/C=C3/SC(=O)N(c4ccc(Cl)cc4)C3=O)cc2Br)cc1. The number of ether oxygens (including phenoxy) is 1. The molecular formula is C25H18BrClN2O4S. The summed E-state index contributed by atoms with van der Waals surface area (Å²) in [5.41, 5.74) is 2.96. The highest BCUT2D eigenvalue weighted by Gasteiger charge is 2.36. The highest BCUT2D eigenvalue weighted by molar-refractivity contribution is 9.10. The van der Waals surface area contributed by atoms with Gasteiger partial charge in [-0.2, -0.15) is 0 Å². The summed E-state index contributed by atoms with van der Waals surface area (Å²) >= 11 is 10.2. The molecule has 1 aliphatic heterocycles. The van der Waals surface area contributed by atoms with Gasteiger partial charge in [0, 0.05) is 10.7 Å². The van der Waals surface area contributed by atoms with Crippen molar-refractivity contribution in [2.75, 3.05) is 16.8 Å². The Hall–Kier alpha value is -3.07. The van der Waals surface area contributed by atoms with Gasteiger partial charge in [-0.15, -0.1) is 0 Å². The van der Waals surface area contributed by atoms with Crippen molar-refractivity contribution in [2.45, 2.75) is 6.92 Å². The van der Waals surface area contributed by atoms with Crippen LogP contribution in [-0.4, -0.2) is 23.7 Å². The summed E-state index contributed by atoms with van der Waals surface area (Å²) in [4.78, 5) is 38.8. The largest absolute Gasteiger partial charge is 0.483 e. The molecule has 0 saturated carbocycles. The molecule has 9 heteroatoms. The Balaban J connectivity index is 1.41. The molecule has 34 heavy (non-hydrogen) atoms. The van der Waals surface area contributed by atoms with Gasteiger partial charge in [-0.25, -0.2) is 4.90 Å². The lowest BCUT2D eigenvalue weighted by molar-refractivity contribution is -0.118. The molecule has 3 amide bonds. The number of benzene rings is 3. The van der Waals surface area contributed by atoms with E-state index in [1.165, 1.54) is 0 Å². The van der Waals surface area contributed by atoms with Crippen LogP contribution in [-0.2, 0) is 9.59 Å². The molecular weight excluding hydrogens is 540 g/mol. The summed E-state index contributed by atoms with van der Waals surface area (Å²) in [6, 6.07) is 19.2. The number of imide groups is 1. The molecule has 0 bridgehead atoms. The van der Waals surface area contributed by atoms with E-state index in [2.05, 4.69) is 21.2 Å². The quantitative estimate of drug-likeness (QED) is 0.343. The smallest absolute Gasteiger partial charge is 0.298 e. The van der Waals surface area contributed by atoms with E-state index in [1.807, 2.05) is 31.2 Å². The third-order valence-corrected chi connectivity index (χ3v) is 6.57. The molecule has 172 valence electrons. The van der Waals surface area contributed by atoms with E-state index in [4.69, 9.17) is 16.3 Å². The minimum atomic E-state index is -0.401. The number of halogens is 2. The Kier molecular flexibility index (Phi) is 7.41. The van der Waals surface area contributed by atoms with E-state index in [0.717, 1.165) is 22.2 Å². The summed E-state index contributed by atoms with van der Waals surface area (Å²) in [6.45, 7) is 1.81. The van der Waals surface area contributed by atoms with Crippen molar-refractivity contribution in [2.24, 2.45) is 0 Å². The summed E-state index contributed by atoms with van der Waals surface area (Å²) < 4.78 is 6.23. The zero-order valence-electron chi connectivity index (χ0n) is 17.9.